The minimum atomic E-state index is 0. The highest BCUT2D eigenvalue weighted by atomic mass is 35.5. The molecule has 1 heterocycles. The van der Waals surface area contributed by atoms with Gasteiger partial charge in [-0.3, -0.25) is 4.79 Å². The van der Waals surface area contributed by atoms with E-state index in [2.05, 4.69) is 22.2 Å². The molecule has 1 aliphatic heterocycles. The lowest BCUT2D eigenvalue weighted by molar-refractivity contribution is -0.127. The van der Waals surface area contributed by atoms with Crippen LogP contribution in [0.2, 0.25) is 0 Å². The molecule has 2 aliphatic carbocycles. The normalized spacial score (nSPS) is 32.4. The summed E-state index contributed by atoms with van der Waals surface area (Å²) in [6.45, 7) is 6.52. The second-order valence-corrected chi connectivity index (χ2v) is 7.23. The van der Waals surface area contributed by atoms with Crippen molar-refractivity contribution in [2.24, 2.45) is 23.5 Å². The number of nitrogens with two attached hydrogens (primary N) is 1. The molecule has 4 unspecified atom stereocenters. The SMILES string of the molecule is CN1CCN(CCCNC(=O)C2C3CCC(C3)C2N)CC1.Cl.Cl.Cl. The molecule has 8 heteroatoms. The number of nitrogens with zero attached hydrogens (tertiary/aromatic N) is 2. The zero-order valence-electron chi connectivity index (χ0n) is 14.5. The molecule has 3 aliphatic rings. The van der Waals surface area contributed by atoms with Gasteiger partial charge in [0.2, 0.25) is 5.91 Å². The molecule has 0 aromatic heterocycles. The van der Waals surface area contributed by atoms with Gasteiger partial charge in [-0.25, -0.2) is 0 Å². The van der Waals surface area contributed by atoms with Gasteiger partial charge < -0.3 is 20.9 Å². The lowest BCUT2D eigenvalue weighted by atomic mass is 9.84. The summed E-state index contributed by atoms with van der Waals surface area (Å²) >= 11 is 0. The lowest BCUT2D eigenvalue weighted by Gasteiger charge is -2.32. The molecule has 5 nitrogen and oxygen atoms in total. The van der Waals surface area contributed by atoms with Crippen molar-refractivity contribution in [2.45, 2.75) is 31.7 Å². The predicted molar refractivity (Wildman–Crippen MR) is 106 cm³/mol. The van der Waals surface area contributed by atoms with Crippen LogP contribution in [-0.2, 0) is 4.79 Å². The highest BCUT2D eigenvalue weighted by Gasteiger charge is 2.48. The molecule has 24 heavy (non-hydrogen) atoms. The van der Waals surface area contributed by atoms with Gasteiger partial charge in [-0.1, -0.05) is 0 Å². The molecule has 3 N–H and O–H groups in total. The Kier molecular flexibility index (Phi) is 11.1. The number of halogens is 3. The van der Waals surface area contributed by atoms with Crippen LogP contribution in [0.5, 0.6) is 0 Å². The van der Waals surface area contributed by atoms with Gasteiger partial charge in [0.05, 0.1) is 5.92 Å². The summed E-state index contributed by atoms with van der Waals surface area (Å²) in [6, 6.07) is 0.112. The van der Waals surface area contributed by atoms with E-state index in [1.807, 2.05) is 0 Å². The van der Waals surface area contributed by atoms with Crippen molar-refractivity contribution in [3.8, 4) is 0 Å². The Morgan fingerprint density at radius 1 is 1.08 bits per heavy atom. The van der Waals surface area contributed by atoms with E-state index in [9.17, 15) is 4.79 Å². The zero-order chi connectivity index (χ0) is 14.8. The molecule has 3 rings (SSSR count). The molecule has 1 saturated heterocycles. The molecule has 2 bridgehead atoms. The van der Waals surface area contributed by atoms with Gasteiger partial charge in [0.25, 0.3) is 0 Å². The Morgan fingerprint density at radius 2 is 1.71 bits per heavy atom. The first-order chi connectivity index (χ1) is 10.1. The number of carbonyl (C=O) groups excluding carboxylic acids is 1. The summed E-state index contributed by atoms with van der Waals surface area (Å²) in [7, 11) is 2.18. The van der Waals surface area contributed by atoms with E-state index in [4.69, 9.17) is 5.73 Å². The minimum absolute atomic E-state index is 0. The fourth-order valence-corrected chi connectivity index (χ4v) is 4.43. The number of hydrogen-bond acceptors (Lipinski definition) is 4. The Hall–Kier alpha value is 0.220. The first-order valence-corrected chi connectivity index (χ1v) is 8.59. The number of amides is 1. The molecular weight excluding hydrogens is 371 g/mol. The maximum Gasteiger partial charge on any atom is 0.224 e. The highest BCUT2D eigenvalue weighted by molar-refractivity contribution is 5.86. The van der Waals surface area contributed by atoms with Crippen LogP contribution < -0.4 is 11.1 Å². The molecule has 0 radical (unpaired) electrons. The average molecular weight is 404 g/mol. The number of rotatable bonds is 5. The third-order valence-corrected chi connectivity index (χ3v) is 5.83. The number of hydrogen-bond donors (Lipinski definition) is 2. The van der Waals surface area contributed by atoms with E-state index in [1.165, 1.54) is 19.3 Å². The second kappa shape index (κ2) is 11.0. The molecular formula is C16H33Cl3N4O. The second-order valence-electron chi connectivity index (χ2n) is 7.23. The molecule has 0 spiro atoms. The largest absolute Gasteiger partial charge is 0.356 e. The standard InChI is InChI=1S/C16H30N4O.3ClH/c1-19-7-9-20(10-8-19)6-2-5-18-16(21)14-12-3-4-13(11-12)15(14)17;;;/h12-15H,2-11,17H2,1H3,(H,18,21);3*1H. The van der Waals surface area contributed by atoms with Gasteiger partial charge in [0.15, 0.2) is 0 Å². The minimum Gasteiger partial charge on any atom is -0.356 e. The van der Waals surface area contributed by atoms with E-state index in [1.54, 1.807) is 0 Å². The van der Waals surface area contributed by atoms with Crippen molar-refractivity contribution in [2.75, 3.05) is 46.3 Å². The quantitative estimate of drug-likeness (QED) is 0.681. The molecule has 1 amide bonds. The van der Waals surface area contributed by atoms with E-state index in [0.29, 0.717) is 11.8 Å². The fraction of sp³-hybridized carbons (Fsp3) is 0.938. The third kappa shape index (κ3) is 5.61. The molecule has 144 valence electrons. The van der Waals surface area contributed by atoms with Crippen molar-refractivity contribution in [1.29, 1.82) is 0 Å². The van der Waals surface area contributed by atoms with E-state index >= 15 is 0 Å². The van der Waals surface area contributed by atoms with E-state index < -0.39 is 0 Å². The number of carbonyl (C=O) groups is 1. The van der Waals surface area contributed by atoms with Crippen LogP contribution in [0.15, 0.2) is 0 Å². The van der Waals surface area contributed by atoms with Gasteiger partial charge in [-0.05, 0) is 51.1 Å². The van der Waals surface area contributed by atoms with Crippen molar-refractivity contribution in [3.05, 3.63) is 0 Å². The van der Waals surface area contributed by atoms with Gasteiger partial charge in [-0.15, -0.1) is 37.2 Å². The zero-order valence-corrected chi connectivity index (χ0v) is 16.9. The number of nitrogens with one attached hydrogen (secondary N) is 1. The summed E-state index contributed by atoms with van der Waals surface area (Å²) in [4.78, 5) is 17.2. The van der Waals surface area contributed by atoms with E-state index in [0.717, 1.165) is 45.7 Å². The Labute approximate surface area is 164 Å². The molecule has 0 aromatic rings. The van der Waals surface area contributed by atoms with Crippen LogP contribution in [-0.4, -0.2) is 68.1 Å². The smallest absolute Gasteiger partial charge is 0.224 e. The summed E-state index contributed by atoms with van der Waals surface area (Å²) < 4.78 is 0. The first kappa shape index (κ1) is 24.2. The van der Waals surface area contributed by atoms with Crippen LogP contribution in [0.4, 0.5) is 0 Å². The topological polar surface area (TPSA) is 61.6 Å². The van der Waals surface area contributed by atoms with Crippen LogP contribution in [0.25, 0.3) is 0 Å². The molecule has 2 saturated carbocycles. The van der Waals surface area contributed by atoms with Crippen molar-refractivity contribution < 1.29 is 4.79 Å². The summed E-state index contributed by atoms with van der Waals surface area (Å²) in [6.07, 6.45) is 4.67. The van der Waals surface area contributed by atoms with Gasteiger partial charge >= 0.3 is 0 Å². The molecule has 0 aromatic carbocycles. The van der Waals surface area contributed by atoms with E-state index in [-0.39, 0.29) is 55.1 Å². The first-order valence-electron chi connectivity index (χ1n) is 8.59. The van der Waals surface area contributed by atoms with Gasteiger partial charge in [0.1, 0.15) is 0 Å². The lowest BCUT2D eigenvalue weighted by Crippen LogP contribution is -2.47. The average Bonchev–Trinajstić information content (AvgIpc) is 3.06. The molecule has 4 atom stereocenters. The van der Waals surface area contributed by atoms with Gasteiger partial charge in [0, 0.05) is 38.8 Å². The Morgan fingerprint density at radius 3 is 2.29 bits per heavy atom. The van der Waals surface area contributed by atoms with Crippen LogP contribution in [0.1, 0.15) is 25.7 Å². The van der Waals surface area contributed by atoms with Crippen LogP contribution in [0.3, 0.4) is 0 Å². The number of piperazine rings is 1. The maximum absolute atomic E-state index is 12.3. The fourth-order valence-electron chi connectivity index (χ4n) is 4.43. The van der Waals surface area contributed by atoms with Crippen LogP contribution in [0, 0.1) is 17.8 Å². The predicted octanol–water partition coefficient (Wildman–Crippen LogP) is 1.38. The third-order valence-electron chi connectivity index (χ3n) is 5.83. The number of fused-ring (bicyclic) bond motifs is 2. The Bertz CT molecular complexity index is 378. The van der Waals surface area contributed by atoms with Crippen molar-refractivity contribution in [3.63, 3.8) is 0 Å². The summed E-state index contributed by atoms with van der Waals surface area (Å²) in [5.41, 5.74) is 6.23. The molecule has 3 fully saturated rings. The summed E-state index contributed by atoms with van der Waals surface area (Å²) in [5, 5.41) is 3.13. The highest BCUT2D eigenvalue weighted by Crippen LogP contribution is 2.47. The maximum atomic E-state index is 12.3. The Balaban J connectivity index is 0.00000176. The number of likely N-dealkylation sites (N-methyl/N-ethyl adjacent to an activating group) is 1. The summed E-state index contributed by atoms with van der Waals surface area (Å²) in [5.74, 6) is 1.47. The monoisotopic (exact) mass is 402 g/mol. The van der Waals surface area contributed by atoms with Crippen molar-refractivity contribution in [1.82, 2.24) is 15.1 Å². The van der Waals surface area contributed by atoms with Crippen LogP contribution >= 0.6 is 37.2 Å². The van der Waals surface area contributed by atoms with Gasteiger partial charge in [-0.2, -0.15) is 0 Å². The van der Waals surface area contributed by atoms with Crippen molar-refractivity contribution >= 4 is 43.1 Å².